The maximum Gasteiger partial charge on any atom is 0.408 e. The zero-order chi connectivity index (χ0) is 24.1. The van der Waals surface area contributed by atoms with Gasteiger partial charge in [0.1, 0.15) is 17.7 Å². The Morgan fingerprint density at radius 1 is 1.00 bits per heavy atom. The first kappa shape index (κ1) is 24.9. The normalized spacial score (nSPS) is 13.0. The zero-order valence-corrected chi connectivity index (χ0v) is 19.9. The van der Waals surface area contributed by atoms with E-state index in [-0.39, 0.29) is 5.91 Å². The summed E-state index contributed by atoms with van der Waals surface area (Å²) in [6.45, 7) is 10.6. The summed E-state index contributed by atoms with van der Waals surface area (Å²) >= 11 is 0. The van der Waals surface area contributed by atoms with Crippen LogP contribution in [-0.4, -0.2) is 41.5 Å². The van der Waals surface area contributed by atoms with E-state index in [0.717, 1.165) is 11.1 Å². The van der Waals surface area contributed by atoms with Gasteiger partial charge in [0, 0.05) is 12.7 Å². The first-order valence-electron chi connectivity index (χ1n) is 10.6. The minimum absolute atomic E-state index is 0.342. The van der Waals surface area contributed by atoms with Gasteiger partial charge in [-0.1, -0.05) is 48.0 Å². The molecule has 0 radical (unpaired) electrons. The second-order valence-corrected chi connectivity index (χ2v) is 8.94. The van der Waals surface area contributed by atoms with E-state index in [9.17, 15) is 14.4 Å². The molecule has 0 saturated carbocycles. The molecule has 0 aromatic heterocycles. The summed E-state index contributed by atoms with van der Waals surface area (Å²) in [6, 6.07) is 13.1. The molecule has 172 valence electrons. The van der Waals surface area contributed by atoms with Gasteiger partial charge in [0.25, 0.3) is 5.91 Å². The van der Waals surface area contributed by atoms with Crippen LogP contribution in [0.5, 0.6) is 0 Å². The fourth-order valence-electron chi connectivity index (χ4n) is 3.28. The van der Waals surface area contributed by atoms with Crippen LogP contribution >= 0.6 is 0 Å². The summed E-state index contributed by atoms with van der Waals surface area (Å²) < 4.78 is 5.24. The number of nitrogens with zero attached hydrogens (tertiary/aromatic N) is 1. The predicted octanol–water partition coefficient (Wildman–Crippen LogP) is 4.35. The fraction of sp³-hybridized carbons (Fsp3) is 0.400. The third-order valence-corrected chi connectivity index (χ3v) is 4.85. The van der Waals surface area contributed by atoms with Crippen molar-refractivity contribution in [2.45, 2.75) is 59.2 Å². The Kier molecular flexibility index (Phi) is 8.02. The molecule has 2 aromatic carbocycles. The lowest BCUT2D eigenvalue weighted by Crippen LogP contribution is -2.49. The Bertz CT molecular complexity index is 981. The fourth-order valence-corrected chi connectivity index (χ4v) is 3.28. The largest absolute Gasteiger partial charge is 0.444 e. The van der Waals surface area contributed by atoms with E-state index in [1.54, 1.807) is 34.7 Å². The number of likely N-dealkylation sites (N-methyl/N-ethyl adjacent to an activating group) is 1. The molecule has 0 heterocycles. The van der Waals surface area contributed by atoms with Crippen LogP contribution in [0.15, 0.2) is 48.5 Å². The Hall–Kier alpha value is -3.35. The average molecular weight is 440 g/mol. The molecule has 32 heavy (non-hydrogen) atoms. The van der Waals surface area contributed by atoms with E-state index in [1.165, 1.54) is 4.90 Å². The van der Waals surface area contributed by atoms with E-state index in [0.29, 0.717) is 11.3 Å². The molecule has 0 fully saturated rings. The summed E-state index contributed by atoms with van der Waals surface area (Å²) in [6.07, 6.45) is -0.691. The van der Waals surface area contributed by atoms with Gasteiger partial charge in [0.15, 0.2) is 0 Å². The van der Waals surface area contributed by atoms with Crippen LogP contribution < -0.4 is 10.6 Å². The Morgan fingerprint density at radius 2 is 1.66 bits per heavy atom. The van der Waals surface area contributed by atoms with Crippen molar-refractivity contribution in [3.63, 3.8) is 0 Å². The lowest BCUT2D eigenvalue weighted by molar-refractivity contribution is -0.138. The van der Waals surface area contributed by atoms with E-state index in [2.05, 4.69) is 10.6 Å². The number of carbonyl (C=O) groups is 3. The maximum atomic E-state index is 13.3. The minimum atomic E-state index is -0.884. The van der Waals surface area contributed by atoms with Crippen molar-refractivity contribution in [1.82, 2.24) is 10.2 Å². The topological polar surface area (TPSA) is 87.7 Å². The number of anilines is 1. The summed E-state index contributed by atoms with van der Waals surface area (Å²) in [5, 5.41) is 5.48. The molecule has 2 N–H and O–H groups in total. The van der Waals surface area contributed by atoms with Crippen molar-refractivity contribution in [2.75, 3.05) is 12.4 Å². The molecular formula is C25H33N3O4. The molecule has 2 aromatic rings. The van der Waals surface area contributed by atoms with Gasteiger partial charge in [0.2, 0.25) is 5.91 Å². The molecule has 0 aliphatic heterocycles. The molecule has 2 unspecified atom stereocenters. The molecule has 0 aliphatic rings. The highest BCUT2D eigenvalue weighted by Crippen LogP contribution is 2.24. The average Bonchev–Trinajstić information content (AvgIpc) is 2.67. The van der Waals surface area contributed by atoms with Crippen LogP contribution in [0, 0.1) is 13.8 Å². The van der Waals surface area contributed by atoms with Gasteiger partial charge in [-0.05, 0) is 58.7 Å². The van der Waals surface area contributed by atoms with Crippen LogP contribution in [0.25, 0.3) is 0 Å². The number of ether oxygens (including phenoxy) is 1. The highest BCUT2D eigenvalue weighted by Gasteiger charge is 2.32. The van der Waals surface area contributed by atoms with Crippen LogP contribution in [0.1, 0.15) is 50.4 Å². The van der Waals surface area contributed by atoms with Crippen molar-refractivity contribution in [1.29, 1.82) is 0 Å². The van der Waals surface area contributed by atoms with Gasteiger partial charge < -0.3 is 20.3 Å². The van der Waals surface area contributed by atoms with Crippen LogP contribution in [0.4, 0.5) is 10.5 Å². The minimum Gasteiger partial charge on any atom is -0.444 e. The highest BCUT2D eigenvalue weighted by atomic mass is 16.6. The van der Waals surface area contributed by atoms with Gasteiger partial charge in [-0.2, -0.15) is 0 Å². The lowest BCUT2D eigenvalue weighted by Gasteiger charge is -2.30. The number of benzene rings is 2. The van der Waals surface area contributed by atoms with Crippen molar-refractivity contribution in [3.05, 3.63) is 65.2 Å². The number of rotatable bonds is 6. The molecule has 0 aliphatic carbocycles. The number of amides is 3. The van der Waals surface area contributed by atoms with Gasteiger partial charge in [-0.25, -0.2) is 4.79 Å². The number of carbonyl (C=O) groups excluding carboxylic acids is 3. The van der Waals surface area contributed by atoms with Crippen LogP contribution in [-0.2, 0) is 14.3 Å². The van der Waals surface area contributed by atoms with Gasteiger partial charge >= 0.3 is 6.09 Å². The van der Waals surface area contributed by atoms with E-state index >= 15 is 0 Å². The number of hydrogen-bond acceptors (Lipinski definition) is 4. The van der Waals surface area contributed by atoms with Gasteiger partial charge in [-0.3, -0.25) is 9.59 Å². The van der Waals surface area contributed by atoms with E-state index in [1.807, 2.05) is 62.4 Å². The SMILES string of the molecule is Cc1cccc(C(C(=O)Nc2ccccc2C)N(C)C(=O)C(C)NC(=O)OC(C)(C)C)c1. The molecular weight excluding hydrogens is 406 g/mol. The van der Waals surface area contributed by atoms with Crippen molar-refractivity contribution in [3.8, 4) is 0 Å². The van der Waals surface area contributed by atoms with Crippen molar-refractivity contribution >= 4 is 23.6 Å². The lowest BCUT2D eigenvalue weighted by atomic mass is 10.0. The zero-order valence-electron chi connectivity index (χ0n) is 19.9. The first-order valence-corrected chi connectivity index (χ1v) is 10.6. The molecule has 7 heteroatoms. The van der Waals surface area contributed by atoms with Crippen LogP contribution in [0.2, 0.25) is 0 Å². The first-order chi connectivity index (χ1) is 14.9. The second-order valence-electron chi connectivity index (χ2n) is 8.94. The van der Waals surface area contributed by atoms with Crippen molar-refractivity contribution in [2.24, 2.45) is 0 Å². The molecule has 2 rings (SSSR count). The molecule has 7 nitrogen and oxygen atoms in total. The van der Waals surface area contributed by atoms with Crippen LogP contribution in [0.3, 0.4) is 0 Å². The predicted molar refractivity (Wildman–Crippen MR) is 125 cm³/mol. The quantitative estimate of drug-likeness (QED) is 0.700. The second kappa shape index (κ2) is 10.3. The van der Waals surface area contributed by atoms with E-state index < -0.39 is 29.7 Å². The standard InChI is InChI=1S/C25H33N3O4/c1-16-11-10-13-19(15-16)21(22(29)27-20-14-9-8-12-17(20)2)28(7)23(30)18(3)26-24(31)32-25(4,5)6/h8-15,18,21H,1-7H3,(H,26,31)(H,27,29). The summed E-state index contributed by atoms with van der Waals surface area (Å²) in [5.41, 5.74) is 2.55. The summed E-state index contributed by atoms with van der Waals surface area (Å²) in [4.78, 5) is 39.9. The number of nitrogens with one attached hydrogen (secondary N) is 2. The summed E-state index contributed by atoms with van der Waals surface area (Å²) in [7, 11) is 1.56. The Morgan fingerprint density at radius 3 is 2.25 bits per heavy atom. The molecule has 0 saturated heterocycles. The maximum absolute atomic E-state index is 13.3. The van der Waals surface area contributed by atoms with Gasteiger partial charge in [0.05, 0.1) is 0 Å². The monoisotopic (exact) mass is 439 g/mol. The Labute approximate surface area is 190 Å². The molecule has 0 bridgehead atoms. The third kappa shape index (κ3) is 6.83. The molecule has 0 spiro atoms. The summed E-state index contributed by atoms with van der Waals surface area (Å²) in [5.74, 6) is -0.757. The smallest absolute Gasteiger partial charge is 0.408 e. The number of hydrogen-bond donors (Lipinski definition) is 2. The van der Waals surface area contributed by atoms with Gasteiger partial charge in [-0.15, -0.1) is 0 Å². The number of para-hydroxylation sites is 1. The number of aryl methyl sites for hydroxylation is 2. The van der Waals surface area contributed by atoms with Crippen molar-refractivity contribution < 1.29 is 19.1 Å². The third-order valence-electron chi connectivity index (χ3n) is 4.85. The highest BCUT2D eigenvalue weighted by molar-refractivity contribution is 5.99. The number of alkyl carbamates (subject to hydrolysis) is 1. The molecule has 3 amide bonds. The molecule has 2 atom stereocenters. The Balaban J connectivity index is 2.28. The van der Waals surface area contributed by atoms with E-state index in [4.69, 9.17) is 4.74 Å².